The Kier molecular flexibility index (Phi) is 5.72. The van der Waals surface area contributed by atoms with E-state index >= 15 is 0 Å². The number of ether oxygens (including phenoxy) is 1. The Labute approximate surface area is 174 Å². The van der Waals surface area contributed by atoms with Crippen molar-refractivity contribution in [2.45, 2.75) is 6.92 Å². The van der Waals surface area contributed by atoms with Crippen molar-refractivity contribution in [1.82, 2.24) is 20.1 Å². The second kappa shape index (κ2) is 8.93. The summed E-state index contributed by atoms with van der Waals surface area (Å²) in [4.78, 5) is 16.8. The number of benzene rings is 2. The van der Waals surface area contributed by atoms with Crippen molar-refractivity contribution < 1.29 is 9.53 Å². The second-order valence-electron chi connectivity index (χ2n) is 6.55. The van der Waals surface area contributed by atoms with Crippen LogP contribution in [0.5, 0.6) is 5.75 Å². The molecule has 2 aromatic carbocycles. The van der Waals surface area contributed by atoms with Gasteiger partial charge in [-0.25, -0.2) is 4.68 Å². The summed E-state index contributed by atoms with van der Waals surface area (Å²) in [6.45, 7) is 2.31. The Hall–Kier alpha value is -4.11. The van der Waals surface area contributed by atoms with Crippen LogP contribution in [0.1, 0.15) is 16.1 Å². The van der Waals surface area contributed by atoms with Gasteiger partial charge in [-0.2, -0.15) is 5.10 Å². The van der Waals surface area contributed by atoms with Gasteiger partial charge in [0.05, 0.1) is 29.7 Å². The number of pyridine rings is 1. The summed E-state index contributed by atoms with van der Waals surface area (Å²) in [6.07, 6.45) is 3.31. The van der Waals surface area contributed by atoms with E-state index in [1.54, 1.807) is 17.1 Å². The lowest BCUT2D eigenvalue weighted by Crippen LogP contribution is -2.24. The third-order valence-corrected chi connectivity index (χ3v) is 4.61. The van der Waals surface area contributed by atoms with E-state index in [1.165, 1.54) is 0 Å². The van der Waals surface area contributed by atoms with Gasteiger partial charge in [0.25, 0.3) is 5.91 Å². The van der Waals surface area contributed by atoms with Crippen LogP contribution in [0.15, 0.2) is 73.1 Å². The molecule has 1 N–H and O–H groups in total. The zero-order chi connectivity index (χ0) is 20.8. The van der Waals surface area contributed by atoms with Gasteiger partial charge in [0.2, 0.25) is 0 Å². The van der Waals surface area contributed by atoms with Crippen molar-refractivity contribution in [2.75, 3.05) is 13.2 Å². The fourth-order valence-electron chi connectivity index (χ4n) is 3.10. The number of fused-ring (bicyclic) bond motifs is 1. The van der Waals surface area contributed by atoms with Gasteiger partial charge in [-0.1, -0.05) is 48.2 Å². The summed E-state index contributed by atoms with van der Waals surface area (Å²) in [6, 6.07) is 19.3. The lowest BCUT2D eigenvalue weighted by Gasteiger charge is -2.05. The zero-order valence-electron chi connectivity index (χ0n) is 16.5. The average Bonchev–Trinajstić information content (AvgIpc) is 3.18. The number of nitrogens with one attached hydrogen (secondary N) is 1. The molecule has 0 saturated carbocycles. The lowest BCUT2D eigenvalue weighted by molar-refractivity contribution is 0.0958. The first-order chi connectivity index (χ1) is 14.7. The Balaban J connectivity index is 1.32. The predicted molar refractivity (Wildman–Crippen MR) is 116 cm³/mol. The molecule has 0 atom stereocenters. The highest BCUT2D eigenvalue weighted by Gasteiger charge is 2.14. The molecule has 0 radical (unpaired) electrons. The maximum Gasteiger partial charge on any atom is 0.255 e. The number of hydrogen-bond acceptors (Lipinski definition) is 4. The molecule has 4 aromatic rings. The van der Waals surface area contributed by atoms with E-state index in [1.807, 2.05) is 67.6 Å². The molecule has 2 aromatic heterocycles. The molecule has 30 heavy (non-hydrogen) atoms. The van der Waals surface area contributed by atoms with E-state index in [4.69, 9.17) is 4.74 Å². The maximum atomic E-state index is 12.4. The molecule has 148 valence electrons. The minimum atomic E-state index is -0.205. The number of para-hydroxylation sites is 2. The number of rotatable bonds is 5. The van der Waals surface area contributed by atoms with Crippen LogP contribution in [0, 0.1) is 18.8 Å². The van der Waals surface area contributed by atoms with Crippen LogP contribution in [-0.4, -0.2) is 33.8 Å². The van der Waals surface area contributed by atoms with Gasteiger partial charge in [-0.05, 0) is 31.2 Å². The summed E-state index contributed by atoms with van der Waals surface area (Å²) < 4.78 is 7.46. The molecular formula is C24H20N4O2. The van der Waals surface area contributed by atoms with E-state index in [0.29, 0.717) is 11.3 Å². The van der Waals surface area contributed by atoms with Gasteiger partial charge in [0.1, 0.15) is 17.9 Å². The highest BCUT2D eigenvalue weighted by molar-refractivity contribution is 5.95. The Bertz CT molecular complexity index is 1230. The Morgan fingerprint density at radius 1 is 1.07 bits per heavy atom. The van der Waals surface area contributed by atoms with E-state index in [0.717, 1.165) is 22.3 Å². The summed E-state index contributed by atoms with van der Waals surface area (Å²) in [5.41, 5.74) is 3.02. The van der Waals surface area contributed by atoms with Gasteiger partial charge in [0, 0.05) is 11.6 Å². The van der Waals surface area contributed by atoms with Crippen LogP contribution in [0.3, 0.4) is 0 Å². The van der Waals surface area contributed by atoms with E-state index < -0.39 is 0 Å². The van der Waals surface area contributed by atoms with Crippen molar-refractivity contribution in [3.63, 3.8) is 0 Å². The van der Waals surface area contributed by atoms with Crippen molar-refractivity contribution in [2.24, 2.45) is 0 Å². The molecule has 0 aliphatic rings. The number of carbonyl (C=O) groups is 1. The summed E-state index contributed by atoms with van der Waals surface area (Å²) in [5.74, 6) is 6.31. The molecule has 2 heterocycles. The summed E-state index contributed by atoms with van der Waals surface area (Å²) in [7, 11) is 0. The lowest BCUT2D eigenvalue weighted by atomic mass is 10.2. The minimum Gasteiger partial charge on any atom is -0.479 e. The first-order valence-corrected chi connectivity index (χ1v) is 9.54. The van der Waals surface area contributed by atoms with Crippen LogP contribution < -0.4 is 10.1 Å². The van der Waals surface area contributed by atoms with Gasteiger partial charge < -0.3 is 10.1 Å². The second-order valence-corrected chi connectivity index (χ2v) is 6.55. The zero-order valence-corrected chi connectivity index (χ0v) is 16.5. The van der Waals surface area contributed by atoms with Gasteiger partial charge in [0.15, 0.2) is 0 Å². The first-order valence-electron chi connectivity index (χ1n) is 9.54. The number of nitrogens with zero attached hydrogens (tertiary/aromatic N) is 3. The largest absolute Gasteiger partial charge is 0.479 e. The standard InChI is InChI=1S/C24H20N4O2/c1-18-21(17-27-28(18)20-11-3-2-4-12-20)24(29)26-14-5-6-16-30-22-13-7-9-19-10-8-15-25-23(19)22/h2-4,7-13,15,17H,14,16H2,1H3,(H,26,29). The van der Waals surface area contributed by atoms with E-state index in [2.05, 4.69) is 27.2 Å². The van der Waals surface area contributed by atoms with Crippen LogP contribution in [0.25, 0.3) is 16.6 Å². The van der Waals surface area contributed by atoms with Crippen LogP contribution in [0.2, 0.25) is 0 Å². The normalized spacial score (nSPS) is 10.3. The first kappa shape index (κ1) is 19.2. The summed E-state index contributed by atoms with van der Waals surface area (Å²) in [5, 5.41) is 8.13. The monoisotopic (exact) mass is 396 g/mol. The Morgan fingerprint density at radius 2 is 1.90 bits per heavy atom. The number of carbonyl (C=O) groups excluding carboxylic acids is 1. The summed E-state index contributed by atoms with van der Waals surface area (Å²) >= 11 is 0. The van der Waals surface area contributed by atoms with Gasteiger partial charge in [-0.15, -0.1) is 0 Å². The minimum absolute atomic E-state index is 0.205. The number of aromatic nitrogens is 3. The van der Waals surface area contributed by atoms with Gasteiger partial charge in [-0.3, -0.25) is 9.78 Å². The number of amides is 1. The molecule has 0 fully saturated rings. The fourth-order valence-corrected chi connectivity index (χ4v) is 3.10. The number of hydrogen-bond donors (Lipinski definition) is 1. The molecule has 0 unspecified atom stereocenters. The molecule has 6 nitrogen and oxygen atoms in total. The van der Waals surface area contributed by atoms with Crippen molar-refractivity contribution in [3.8, 4) is 23.3 Å². The van der Waals surface area contributed by atoms with Crippen molar-refractivity contribution >= 4 is 16.8 Å². The molecule has 4 rings (SSSR count). The quantitative estimate of drug-likeness (QED) is 0.524. The van der Waals surface area contributed by atoms with Crippen LogP contribution in [0.4, 0.5) is 0 Å². The third-order valence-electron chi connectivity index (χ3n) is 4.61. The Morgan fingerprint density at radius 3 is 2.77 bits per heavy atom. The fraction of sp³-hybridized carbons (Fsp3) is 0.125. The van der Waals surface area contributed by atoms with Crippen molar-refractivity contribution in [3.05, 3.63) is 84.3 Å². The van der Waals surface area contributed by atoms with Crippen LogP contribution in [-0.2, 0) is 0 Å². The average molecular weight is 396 g/mol. The third kappa shape index (κ3) is 4.15. The molecule has 0 saturated heterocycles. The molecular weight excluding hydrogens is 376 g/mol. The van der Waals surface area contributed by atoms with Gasteiger partial charge >= 0.3 is 0 Å². The molecule has 0 bridgehead atoms. The maximum absolute atomic E-state index is 12.4. The van der Waals surface area contributed by atoms with E-state index in [9.17, 15) is 4.79 Å². The van der Waals surface area contributed by atoms with Crippen molar-refractivity contribution in [1.29, 1.82) is 0 Å². The predicted octanol–water partition coefficient (Wildman–Crippen LogP) is 3.54. The van der Waals surface area contributed by atoms with Crippen LogP contribution >= 0.6 is 0 Å². The SMILES string of the molecule is Cc1c(C(=O)NCC#CCOc2cccc3cccnc23)cnn1-c1ccccc1. The highest BCUT2D eigenvalue weighted by atomic mass is 16.5. The molecule has 1 amide bonds. The smallest absolute Gasteiger partial charge is 0.255 e. The molecule has 0 aliphatic heterocycles. The highest BCUT2D eigenvalue weighted by Crippen LogP contribution is 2.22. The topological polar surface area (TPSA) is 69.0 Å². The molecule has 6 heteroatoms. The molecule has 0 spiro atoms. The molecule has 0 aliphatic carbocycles. The van der Waals surface area contributed by atoms with E-state index in [-0.39, 0.29) is 19.1 Å².